The van der Waals surface area contributed by atoms with Crippen molar-refractivity contribution in [2.24, 2.45) is 0 Å². The maximum atomic E-state index is 12.1. The summed E-state index contributed by atoms with van der Waals surface area (Å²) in [6.07, 6.45) is 5.15. The van der Waals surface area contributed by atoms with Crippen LogP contribution in [0.5, 0.6) is 11.8 Å². The Morgan fingerprint density at radius 1 is 1.11 bits per heavy atom. The maximum Gasteiger partial charge on any atom is 0.320 e. The van der Waals surface area contributed by atoms with Crippen molar-refractivity contribution in [3.05, 3.63) is 53.6 Å². The number of methoxy groups -OCH3 is 1. The molecule has 1 amide bonds. The third-order valence-electron chi connectivity index (χ3n) is 6.76. The van der Waals surface area contributed by atoms with Gasteiger partial charge >= 0.3 is 6.01 Å². The smallest absolute Gasteiger partial charge is 0.320 e. The second-order valence-electron chi connectivity index (χ2n) is 9.49. The molecule has 1 aromatic heterocycles. The van der Waals surface area contributed by atoms with Crippen LogP contribution >= 0.6 is 0 Å². The molecule has 0 saturated carbocycles. The van der Waals surface area contributed by atoms with Crippen molar-refractivity contribution >= 4 is 23.7 Å². The molecule has 202 valence electrons. The van der Waals surface area contributed by atoms with E-state index in [0.717, 1.165) is 61.3 Å². The number of ether oxygens (including phenoxy) is 2. The minimum Gasteiger partial charge on any atom is -0.496 e. The number of carbonyl (C=O) groups is 1. The second-order valence-corrected chi connectivity index (χ2v) is 9.49. The van der Waals surface area contributed by atoms with Gasteiger partial charge in [-0.3, -0.25) is 14.6 Å². The van der Waals surface area contributed by atoms with Crippen LogP contribution in [0.1, 0.15) is 43.7 Å². The molecule has 0 radical (unpaired) electrons. The summed E-state index contributed by atoms with van der Waals surface area (Å²) in [4.78, 5) is 24.8. The Kier molecular flexibility index (Phi) is 9.37. The first kappa shape index (κ1) is 27.2. The number of amides is 1. The van der Waals surface area contributed by atoms with Crippen LogP contribution in [0.25, 0.3) is 11.1 Å². The van der Waals surface area contributed by atoms with E-state index in [1.54, 1.807) is 14.2 Å². The highest BCUT2D eigenvalue weighted by Crippen LogP contribution is 2.33. The summed E-state index contributed by atoms with van der Waals surface area (Å²) < 4.78 is 11.3. The molecule has 1 aliphatic heterocycles. The van der Waals surface area contributed by atoms with Crippen LogP contribution in [0.2, 0.25) is 0 Å². The summed E-state index contributed by atoms with van der Waals surface area (Å²) in [5, 5.41) is 3.01. The van der Waals surface area contributed by atoms with Gasteiger partial charge in [-0.05, 0) is 61.2 Å². The lowest BCUT2D eigenvalue weighted by Gasteiger charge is -2.21. The van der Waals surface area contributed by atoms with Gasteiger partial charge in [-0.1, -0.05) is 43.7 Å². The van der Waals surface area contributed by atoms with Crippen LogP contribution in [-0.2, 0) is 17.9 Å². The van der Waals surface area contributed by atoms with Crippen LogP contribution in [-0.4, -0.2) is 55.1 Å². The van der Waals surface area contributed by atoms with E-state index in [1.807, 2.05) is 18.2 Å². The van der Waals surface area contributed by atoms with E-state index in [0.29, 0.717) is 24.7 Å². The highest BCUT2D eigenvalue weighted by atomic mass is 16.5. The van der Waals surface area contributed by atoms with Gasteiger partial charge < -0.3 is 20.5 Å². The van der Waals surface area contributed by atoms with Crippen LogP contribution in [0.4, 0.5) is 17.3 Å². The monoisotopic (exact) mass is 518 g/mol. The Bertz CT molecular complexity index is 1210. The molecule has 1 aliphatic rings. The van der Waals surface area contributed by atoms with Crippen molar-refractivity contribution in [3.63, 3.8) is 0 Å². The lowest BCUT2D eigenvalue weighted by molar-refractivity contribution is -0.107. The Morgan fingerprint density at radius 3 is 2.50 bits per heavy atom. The number of hydrogen-bond acceptors (Lipinski definition) is 8. The van der Waals surface area contributed by atoms with Crippen LogP contribution in [0, 0.1) is 0 Å². The molecule has 1 saturated heterocycles. The van der Waals surface area contributed by atoms with E-state index in [1.165, 1.54) is 23.3 Å². The van der Waals surface area contributed by atoms with Crippen molar-refractivity contribution in [2.75, 3.05) is 49.8 Å². The van der Waals surface area contributed by atoms with Crippen molar-refractivity contribution in [3.8, 4) is 22.9 Å². The van der Waals surface area contributed by atoms with Crippen LogP contribution in [0.3, 0.4) is 0 Å². The molecule has 0 spiro atoms. The Hall–Kier alpha value is -3.85. The van der Waals surface area contributed by atoms with Gasteiger partial charge in [0.25, 0.3) is 0 Å². The number of nitrogens with one attached hydrogen (secondary N) is 1. The van der Waals surface area contributed by atoms with Gasteiger partial charge in [0, 0.05) is 19.2 Å². The normalized spacial score (nSPS) is 13.3. The number of nitrogens with two attached hydrogens (primary N) is 1. The van der Waals surface area contributed by atoms with Gasteiger partial charge in [-0.2, -0.15) is 9.97 Å². The number of rotatable bonds is 13. The molecule has 38 heavy (non-hydrogen) atoms. The average Bonchev–Trinajstić information content (AvgIpc) is 3.45. The zero-order chi connectivity index (χ0) is 26.9. The van der Waals surface area contributed by atoms with Gasteiger partial charge in [0.1, 0.15) is 11.4 Å². The predicted octanol–water partition coefficient (Wildman–Crippen LogP) is 4.71. The summed E-state index contributed by atoms with van der Waals surface area (Å²) in [5.41, 5.74) is 11.0. The Morgan fingerprint density at radius 2 is 1.84 bits per heavy atom. The molecule has 0 unspecified atom stereocenters. The molecule has 9 heteroatoms. The maximum absolute atomic E-state index is 12.1. The second kappa shape index (κ2) is 13.1. The van der Waals surface area contributed by atoms with E-state index >= 15 is 0 Å². The quantitative estimate of drug-likeness (QED) is 0.247. The summed E-state index contributed by atoms with van der Waals surface area (Å²) in [5.74, 6) is 1.44. The average molecular weight is 519 g/mol. The van der Waals surface area contributed by atoms with Gasteiger partial charge in [-0.15, -0.1) is 0 Å². The van der Waals surface area contributed by atoms with Crippen molar-refractivity contribution in [1.82, 2.24) is 14.9 Å². The highest BCUT2D eigenvalue weighted by molar-refractivity contribution is 5.85. The number of nitrogens with zero attached hydrogens (tertiary/aromatic N) is 4. The molecule has 0 bridgehead atoms. The molecule has 1 fully saturated rings. The lowest BCUT2D eigenvalue weighted by atomic mass is 10.00. The molecule has 0 atom stereocenters. The third-order valence-corrected chi connectivity index (χ3v) is 6.76. The minimum atomic E-state index is 0.160. The van der Waals surface area contributed by atoms with Crippen LogP contribution < -0.4 is 25.4 Å². The summed E-state index contributed by atoms with van der Waals surface area (Å²) >= 11 is 0. The number of aromatic nitrogens is 2. The summed E-state index contributed by atoms with van der Waals surface area (Å²) in [6.45, 7) is 6.14. The molecule has 2 heterocycles. The van der Waals surface area contributed by atoms with Crippen molar-refractivity contribution in [1.29, 1.82) is 0 Å². The number of likely N-dealkylation sites (tertiary alicyclic amines) is 1. The first-order valence-corrected chi connectivity index (χ1v) is 13.2. The number of hydrogen-bond donors (Lipinski definition) is 2. The van der Waals surface area contributed by atoms with Gasteiger partial charge in [-0.25, -0.2) is 0 Å². The molecule has 2 aromatic carbocycles. The fourth-order valence-electron chi connectivity index (χ4n) is 4.69. The molecule has 3 aromatic rings. The van der Waals surface area contributed by atoms with Crippen molar-refractivity contribution < 1.29 is 14.3 Å². The molecule has 4 rings (SSSR count). The van der Waals surface area contributed by atoms with E-state index in [2.05, 4.69) is 51.4 Å². The highest BCUT2D eigenvalue weighted by Gasteiger charge is 2.19. The van der Waals surface area contributed by atoms with E-state index < -0.39 is 0 Å². The number of nitrogen functional groups attached to an aromatic ring is 1. The Labute approximate surface area is 225 Å². The SMILES string of the molecule is CCCCOc1nc(N)c(NC)c(N(C=O)Cc2ccc(-c3cc(CN4CCCC4)ccc3OC)cc2)n1. The number of anilines is 3. The molecular weight excluding hydrogens is 480 g/mol. The van der Waals surface area contributed by atoms with Gasteiger partial charge in [0.05, 0.1) is 20.3 Å². The number of unbranched alkanes of at least 4 members (excludes halogenated alkanes) is 1. The standard InChI is InChI=1S/C29H38N6O3/c1-4-5-16-38-29-32-27(30)26(31-2)28(33-29)35(20-36)19-21-8-11-23(12-9-21)24-17-22(10-13-25(24)37-3)18-34-14-6-7-15-34/h8-13,17,20,31H,4-7,14-16,18-19H2,1-3H3,(H2,30,32,33). The Balaban J connectivity index is 1.55. The third kappa shape index (κ3) is 6.52. The molecule has 3 N–H and O–H groups in total. The fraction of sp³-hybridized carbons (Fsp3) is 0.414. The van der Waals surface area contributed by atoms with Gasteiger partial charge in [0.15, 0.2) is 11.6 Å². The predicted molar refractivity (Wildman–Crippen MR) is 152 cm³/mol. The van der Waals surface area contributed by atoms with Crippen LogP contribution in [0.15, 0.2) is 42.5 Å². The fourth-order valence-corrected chi connectivity index (χ4v) is 4.69. The number of carbonyl (C=O) groups excluding carboxylic acids is 1. The lowest BCUT2D eigenvalue weighted by Crippen LogP contribution is -2.24. The first-order valence-electron chi connectivity index (χ1n) is 13.2. The van der Waals surface area contributed by atoms with Gasteiger partial charge in [0.2, 0.25) is 6.41 Å². The molecular formula is C29H38N6O3. The zero-order valence-electron chi connectivity index (χ0n) is 22.6. The largest absolute Gasteiger partial charge is 0.496 e. The van der Waals surface area contributed by atoms with E-state index in [-0.39, 0.29) is 11.8 Å². The topological polar surface area (TPSA) is 106 Å². The number of benzene rings is 2. The molecule has 0 aliphatic carbocycles. The van der Waals surface area contributed by atoms with E-state index in [9.17, 15) is 4.79 Å². The summed E-state index contributed by atoms with van der Waals surface area (Å²) in [6, 6.07) is 14.7. The minimum absolute atomic E-state index is 0.160. The summed E-state index contributed by atoms with van der Waals surface area (Å²) in [7, 11) is 3.42. The van der Waals surface area contributed by atoms with Crippen molar-refractivity contribution in [2.45, 2.75) is 45.7 Å². The first-order chi connectivity index (χ1) is 18.6. The zero-order valence-corrected chi connectivity index (χ0v) is 22.6. The molecule has 9 nitrogen and oxygen atoms in total. The van der Waals surface area contributed by atoms with E-state index in [4.69, 9.17) is 15.2 Å².